The van der Waals surface area contributed by atoms with Gasteiger partial charge in [-0.25, -0.2) is 0 Å². The van der Waals surface area contributed by atoms with Gasteiger partial charge in [0.05, 0.1) is 5.56 Å². The zero-order valence-electron chi connectivity index (χ0n) is 9.49. The lowest BCUT2D eigenvalue weighted by Gasteiger charge is -2.32. The molecule has 0 aliphatic heterocycles. The zero-order valence-corrected chi connectivity index (χ0v) is 9.49. The highest BCUT2D eigenvalue weighted by Crippen LogP contribution is 2.39. The highest BCUT2D eigenvalue weighted by Gasteiger charge is 2.33. The van der Waals surface area contributed by atoms with Crippen molar-refractivity contribution in [3.63, 3.8) is 0 Å². The summed E-state index contributed by atoms with van der Waals surface area (Å²) in [4.78, 5) is 0. The molecule has 0 atom stereocenters. The summed E-state index contributed by atoms with van der Waals surface area (Å²) in [6.07, 6.45) is -1.44. The summed E-state index contributed by atoms with van der Waals surface area (Å²) < 4.78 is 37.7. The number of rotatable bonds is 0. The Hall–Kier alpha value is -0.990. The summed E-state index contributed by atoms with van der Waals surface area (Å²) in [5.41, 5.74) is 1.43. The molecule has 0 N–H and O–H groups in total. The minimum Gasteiger partial charge on any atom is -0.166 e. The molecule has 1 aliphatic carbocycles. The Kier molecular flexibility index (Phi) is 2.52. The van der Waals surface area contributed by atoms with Gasteiger partial charge in [0.2, 0.25) is 0 Å². The second-order valence-electron chi connectivity index (χ2n) is 5.11. The SMILES string of the molecule is CC1(C)CCCc2cc(C(F)(F)F)ccc21. The van der Waals surface area contributed by atoms with Crippen LogP contribution in [0.15, 0.2) is 18.2 Å². The number of hydrogen-bond donors (Lipinski definition) is 0. The lowest BCUT2D eigenvalue weighted by Crippen LogP contribution is -2.24. The molecule has 3 heteroatoms. The maximum atomic E-state index is 12.6. The van der Waals surface area contributed by atoms with Crippen LogP contribution in [0.5, 0.6) is 0 Å². The topological polar surface area (TPSA) is 0 Å². The molecule has 0 heterocycles. The quantitative estimate of drug-likeness (QED) is 0.620. The van der Waals surface area contributed by atoms with Gasteiger partial charge in [-0.15, -0.1) is 0 Å². The van der Waals surface area contributed by atoms with Crippen LogP contribution in [0.1, 0.15) is 43.4 Å². The highest BCUT2D eigenvalue weighted by molar-refractivity contribution is 5.39. The summed E-state index contributed by atoms with van der Waals surface area (Å²) >= 11 is 0. The Morgan fingerprint density at radius 1 is 1.19 bits per heavy atom. The first-order valence-electron chi connectivity index (χ1n) is 5.51. The molecule has 0 spiro atoms. The molecule has 2 rings (SSSR count). The number of hydrogen-bond acceptors (Lipinski definition) is 0. The van der Waals surface area contributed by atoms with Crippen molar-refractivity contribution in [3.8, 4) is 0 Å². The van der Waals surface area contributed by atoms with Crippen molar-refractivity contribution in [2.75, 3.05) is 0 Å². The Balaban J connectivity index is 2.48. The van der Waals surface area contributed by atoms with Crippen LogP contribution in [0, 0.1) is 0 Å². The van der Waals surface area contributed by atoms with E-state index in [9.17, 15) is 13.2 Å². The van der Waals surface area contributed by atoms with Crippen LogP contribution in [-0.4, -0.2) is 0 Å². The van der Waals surface area contributed by atoms with E-state index >= 15 is 0 Å². The predicted molar refractivity (Wildman–Crippen MR) is 57.4 cm³/mol. The molecule has 0 nitrogen and oxygen atoms in total. The number of fused-ring (bicyclic) bond motifs is 1. The van der Waals surface area contributed by atoms with E-state index in [4.69, 9.17) is 0 Å². The standard InChI is InChI=1S/C13H15F3/c1-12(2)7-3-4-9-8-10(13(14,15)16)5-6-11(9)12/h5-6,8H,3-4,7H2,1-2H3. The minimum atomic E-state index is -4.23. The smallest absolute Gasteiger partial charge is 0.166 e. The van der Waals surface area contributed by atoms with Gasteiger partial charge in [0.1, 0.15) is 0 Å². The van der Waals surface area contributed by atoms with Crippen molar-refractivity contribution in [2.24, 2.45) is 0 Å². The van der Waals surface area contributed by atoms with Crippen molar-refractivity contribution in [3.05, 3.63) is 34.9 Å². The number of benzene rings is 1. The maximum absolute atomic E-state index is 12.6. The average molecular weight is 228 g/mol. The predicted octanol–water partition coefficient (Wildman–Crippen LogP) is 4.32. The fourth-order valence-corrected chi connectivity index (χ4v) is 2.49. The summed E-state index contributed by atoms with van der Waals surface area (Å²) in [6, 6.07) is 4.17. The molecular weight excluding hydrogens is 213 g/mol. The molecule has 0 aromatic heterocycles. The first-order chi connectivity index (χ1) is 7.31. The van der Waals surface area contributed by atoms with Gasteiger partial charge in [-0.05, 0) is 47.9 Å². The molecule has 0 amide bonds. The molecule has 1 aromatic carbocycles. The minimum absolute atomic E-state index is 0.0116. The Morgan fingerprint density at radius 2 is 1.88 bits per heavy atom. The molecule has 88 valence electrons. The van der Waals surface area contributed by atoms with Gasteiger partial charge in [-0.2, -0.15) is 13.2 Å². The molecule has 16 heavy (non-hydrogen) atoms. The summed E-state index contributed by atoms with van der Waals surface area (Å²) in [5.74, 6) is 0. The summed E-state index contributed by atoms with van der Waals surface area (Å²) in [7, 11) is 0. The van der Waals surface area contributed by atoms with Crippen LogP contribution in [-0.2, 0) is 18.0 Å². The van der Waals surface area contributed by atoms with Crippen molar-refractivity contribution < 1.29 is 13.2 Å². The largest absolute Gasteiger partial charge is 0.416 e. The van der Waals surface area contributed by atoms with Gasteiger partial charge < -0.3 is 0 Å². The monoisotopic (exact) mass is 228 g/mol. The van der Waals surface area contributed by atoms with Crippen LogP contribution in [0.3, 0.4) is 0 Å². The van der Waals surface area contributed by atoms with Gasteiger partial charge in [-0.3, -0.25) is 0 Å². The average Bonchev–Trinajstić information content (AvgIpc) is 2.15. The molecule has 0 saturated heterocycles. The van der Waals surface area contributed by atoms with Crippen molar-refractivity contribution in [1.82, 2.24) is 0 Å². The van der Waals surface area contributed by atoms with E-state index in [1.54, 1.807) is 6.07 Å². The Labute approximate surface area is 93.5 Å². The first-order valence-corrected chi connectivity index (χ1v) is 5.51. The molecule has 0 unspecified atom stereocenters. The Morgan fingerprint density at radius 3 is 2.50 bits per heavy atom. The third-order valence-corrected chi connectivity index (χ3v) is 3.41. The van der Waals surface area contributed by atoms with Gasteiger partial charge in [0.25, 0.3) is 0 Å². The number of aryl methyl sites for hydroxylation is 1. The van der Waals surface area contributed by atoms with Crippen LogP contribution in [0.25, 0.3) is 0 Å². The zero-order chi connectivity index (χ0) is 12.0. The van der Waals surface area contributed by atoms with Gasteiger partial charge >= 0.3 is 6.18 Å². The molecule has 0 bridgehead atoms. The lowest BCUT2D eigenvalue weighted by molar-refractivity contribution is -0.137. The van der Waals surface area contributed by atoms with Crippen LogP contribution in [0.4, 0.5) is 13.2 Å². The van der Waals surface area contributed by atoms with Crippen molar-refractivity contribution >= 4 is 0 Å². The highest BCUT2D eigenvalue weighted by atomic mass is 19.4. The van der Waals surface area contributed by atoms with E-state index in [0.29, 0.717) is 0 Å². The van der Waals surface area contributed by atoms with E-state index < -0.39 is 11.7 Å². The first kappa shape index (κ1) is 11.5. The third-order valence-electron chi connectivity index (χ3n) is 3.41. The lowest BCUT2D eigenvalue weighted by atomic mass is 9.72. The second kappa shape index (κ2) is 3.51. The second-order valence-corrected chi connectivity index (χ2v) is 5.11. The van der Waals surface area contributed by atoms with E-state index in [-0.39, 0.29) is 5.41 Å². The normalized spacial score (nSPS) is 19.3. The fourth-order valence-electron chi connectivity index (χ4n) is 2.49. The molecule has 1 aliphatic rings. The van der Waals surface area contributed by atoms with E-state index in [1.165, 1.54) is 12.1 Å². The molecular formula is C13H15F3. The molecule has 0 saturated carbocycles. The van der Waals surface area contributed by atoms with E-state index in [1.807, 2.05) is 0 Å². The van der Waals surface area contributed by atoms with Gasteiger partial charge in [0.15, 0.2) is 0 Å². The maximum Gasteiger partial charge on any atom is 0.416 e. The van der Waals surface area contributed by atoms with Crippen molar-refractivity contribution in [1.29, 1.82) is 0 Å². The Bertz CT molecular complexity index is 402. The molecule has 0 radical (unpaired) electrons. The molecule has 1 aromatic rings. The van der Waals surface area contributed by atoms with E-state index in [2.05, 4.69) is 13.8 Å². The van der Waals surface area contributed by atoms with Gasteiger partial charge in [0, 0.05) is 0 Å². The van der Waals surface area contributed by atoms with Crippen molar-refractivity contribution in [2.45, 2.75) is 44.7 Å². The summed E-state index contributed by atoms with van der Waals surface area (Å²) in [5, 5.41) is 0. The fraction of sp³-hybridized carbons (Fsp3) is 0.538. The van der Waals surface area contributed by atoms with E-state index in [0.717, 1.165) is 30.4 Å². The summed E-state index contributed by atoms with van der Waals surface area (Å²) in [6.45, 7) is 4.19. The number of halogens is 3. The van der Waals surface area contributed by atoms with Gasteiger partial charge in [-0.1, -0.05) is 19.9 Å². The van der Waals surface area contributed by atoms with Crippen LogP contribution in [0.2, 0.25) is 0 Å². The van der Waals surface area contributed by atoms with Crippen LogP contribution >= 0.6 is 0 Å². The third kappa shape index (κ3) is 1.95. The molecule has 0 fully saturated rings. The van der Waals surface area contributed by atoms with Crippen LogP contribution < -0.4 is 0 Å². The number of alkyl halides is 3.